The Morgan fingerprint density at radius 3 is 2.19 bits per heavy atom. The molecule has 2 aliphatic heterocycles. The zero-order valence-electron chi connectivity index (χ0n) is 16.8. The first-order valence-electron chi connectivity index (χ1n) is 10.5. The zero-order valence-corrected chi connectivity index (χ0v) is 16.8. The number of carbonyl (C=O) groups is 1. The van der Waals surface area contributed by atoms with Gasteiger partial charge >= 0.3 is 6.03 Å². The van der Waals surface area contributed by atoms with Gasteiger partial charge in [0, 0.05) is 65.4 Å². The molecular weight excluding hydrogens is 338 g/mol. The summed E-state index contributed by atoms with van der Waals surface area (Å²) in [4.78, 5) is 21.6. The van der Waals surface area contributed by atoms with Crippen molar-refractivity contribution in [3.63, 3.8) is 0 Å². The molecule has 0 unspecified atom stereocenters. The fraction of sp³-hybridized carbons (Fsp3) is 0.667. The van der Waals surface area contributed by atoms with Crippen LogP contribution in [0.5, 0.6) is 0 Å². The molecule has 150 valence electrons. The molecule has 6 nitrogen and oxygen atoms in total. The van der Waals surface area contributed by atoms with Gasteiger partial charge in [0.05, 0.1) is 0 Å². The van der Waals surface area contributed by atoms with Gasteiger partial charge in [0.25, 0.3) is 0 Å². The maximum atomic E-state index is 12.2. The van der Waals surface area contributed by atoms with Crippen LogP contribution in [0.3, 0.4) is 0 Å². The summed E-state index contributed by atoms with van der Waals surface area (Å²) in [5.41, 5.74) is 1.40. The van der Waals surface area contributed by atoms with E-state index in [1.807, 2.05) is 4.90 Å². The zero-order chi connectivity index (χ0) is 18.9. The SMILES string of the molecule is CCN1CCN(C(=O)NCCCN2CCN(Cc3ccccc3)CC2)CC1. The van der Waals surface area contributed by atoms with E-state index in [1.54, 1.807) is 0 Å². The Bertz CT molecular complexity index is 551. The third kappa shape index (κ3) is 6.48. The van der Waals surface area contributed by atoms with E-state index < -0.39 is 0 Å². The molecule has 2 saturated heterocycles. The first-order valence-corrected chi connectivity index (χ1v) is 10.5. The number of urea groups is 1. The third-order valence-electron chi connectivity index (χ3n) is 5.75. The lowest BCUT2D eigenvalue weighted by atomic mass is 10.2. The maximum absolute atomic E-state index is 12.2. The number of nitrogens with zero attached hydrogens (tertiary/aromatic N) is 4. The van der Waals surface area contributed by atoms with Crippen molar-refractivity contribution in [1.29, 1.82) is 0 Å². The van der Waals surface area contributed by atoms with Crippen LogP contribution in [0.4, 0.5) is 4.79 Å². The van der Waals surface area contributed by atoms with Crippen LogP contribution in [-0.4, -0.2) is 97.6 Å². The first kappa shape index (κ1) is 20.1. The van der Waals surface area contributed by atoms with E-state index in [0.717, 1.165) is 85.0 Å². The normalized spacial score (nSPS) is 20.0. The van der Waals surface area contributed by atoms with Crippen molar-refractivity contribution < 1.29 is 4.79 Å². The molecule has 2 amide bonds. The second-order valence-electron chi connectivity index (χ2n) is 7.61. The summed E-state index contributed by atoms with van der Waals surface area (Å²) in [5, 5.41) is 3.10. The fourth-order valence-electron chi connectivity index (χ4n) is 3.89. The molecule has 0 aromatic heterocycles. The van der Waals surface area contributed by atoms with Gasteiger partial charge in [-0.15, -0.1) is 0 Å². The number of likely N-dealkylation sites (N-methyl/N-ethyl adjacent to an activating group) is 1. The number of carbonyl (C=O) groups excluding carboxylic acids is 1. The number of rotatable bonds is 7. The van der Waals surface area contributed by atoms with E-state index in [4.69, 9.17) is 0 Å². The number of benzene rings is 1. The maximum Gasteiger partial charge on any atom is 0.317 e. The molecule has 1 N–H and O–H groups in total. The van der Waals surface area contributed by atoms with Crippen LogP contribution in [0.15, 0.2) is 30.3 Å². The second-order valence-corrected chi connectivity index (χ2v) is 7.61. The molecule has 2 fully saturated rings. The first-order chi connectivity index (χ1) is 13.2. The number of piperazine rings is 2. The van der Waals surface area contributed by atoms with Gasteiger partial charge in [-0.2, -0.15) is 0 Å². The average molecular weight is 374 g/mol. The molecule has 2 aliphatic rings. The fourth-order valence-corrected chi connectivity index (χ4v) is 3.89. The predicted octanol–water partition coefficient (Wildman–Crippen LogP) is 1.54. The number of hydrogen-bond donors (Lipinski definition) is 1. The summed E-state index contributed by atoms with van der Waals surface area (Å²) in [6, 6.07) is 10.8. The standard InChI is InChI=1S/C21H35N5O/c1-2-23-15-17-26(18-16-23)21(27)22-9-6-10-24-11-13-25(14-12-24)19-20-7-4-3-5-8-20/h3-5,7-8H,2,6,9-19H2,1H3,(H,22,27). The molecule has 0 bridgehead atoms. The van der Waals surface area contributed by atoms with E-state index >= 15 is 0 Å². The number of hydrogen-bond acceptors (Lipinski definition) is 4. The highest BCUT2D eigenvalue weighted by Crippen LogP contribution is 2.08. The molecule has 3 rings (SSSR count). The van der Waals surface area contributed by atoms with Crippen molar-refractivity contribution in [3.8, 4) is 0 Å². The molecule has 2 heterocycles. The summed E-state index contributed by atoms with van der Waals surface area (Å²) >= 11 is 0. The molecule has 0 radical (unpaired) electrons. The highest BCUT2D eigenvalue weighted by atomic mass is 16.2. The van der Waals surface area contributed by atoms with Gasteiger partial charge in [-0.3, -0.25) is 4.90 Å². The molecule has 1 aromatic rings. The molecule has 0 spiro atoms. The van der Waals surface area contributed by atoms with Crippen molar-refractivity contribution in [2.45, 2.75) is 19.9 Å². The van der Waals surface area contributed by atoms with Crippen LogP contribution in [0, 0.1) is 0 Å². The number of nitrogens with one attached hydrogen (secondary N) is 1. The quantitative estimate of drug-likeness (QED) is 0.737. The van der Waals surface area contributed by atoms with Crippen LogP contribution in [-0.2, 0) is 6.54 Å². The van der Waals surface area contributed by atoms with Crippen LogP contribution in [0.1, 0.15) is 18.9 Å². The molecule has 0 atom stereocenters. The Kier molecular flexibility index (Phi) is 7.93. The summed E-state index contributed by atoms with van der Waals surface area (Å²) in [6.45, 7) is 14.4. The van der Waals surface area contributed by atoms with Gasteiger partial charge in [0.2, 0.25) is 0 Å². The molecule has 27 heavy (non-hydrogen) atoms. The predicted molar refractivity (Wildman–Crippen MR) is 110 cm³/mol. The van der Waals surface area contributed by atoms with Gasteiger partial charge in [0.1, 0.15) is 0 Å². The Balaban J connectivity index is 1.25. The third-order valence-corrected chi connectivity index (χ3v) is 5.75. The molecule has 0 aliphatic carbocycles. The molecule has 0 saturated carbocycles. The van der Waals surface area contributed by atoms with Gasteiger partial charge in [-0.1, -0.05) is 37.3 Å². The van der Waals surface area contributed by atoms with Crippen molar-refractivity contribution >= 4 is 6.03 Å². The summed E-state index contributed by atoms with van der Waals surface area (Å²) in [5.74, 6) is 0. The Morgan fingerprint density at radius 2 is 1.52 bits per heavy atom. The van der Waals surface area contributed by atoms with Crippen molar-refractivity contribution in [2.24, 2.45) is 0 Å². The van der Waals surface area contributed by atoms with Crippen LogP contribution in [0.2, 0.25) is 0 Å². The average Bonchev–Trinajstić information content (AvgIpc) is 2.73. The Hall–Kier alpha value is -1.63. The number of amides is 2. The summed E-state index contributed by atoms with van der Waals surface area (Å²) < 4.78 is 0. The van der Waals surface area contributed by atoms with Gasteiger partial charge in [-0.05, 0) is 25.1 Å². The minimum absolute atomic E-state index is 0.110. The highest BCUT2D eigenvalue weighted by Gasteiger charge is 2.20. The minimum atomic E-state index is 0.110. The Labute approximate surface area is 164 Å². The lowest BCUT2D eigenvalue weighted by molar-refractivity contribution is 0.125. The van der Waals surface area contributed by atoms with E-state index in [9.17, 15) is 4.79 Å². The van der Waals surface area contributed by atoms with E-state index in [2.05, 4.69) is 57.3 Å². The smallest absolute Gasteiger partial charge is 0.317 e. The summed E-state index contributed by atoms with van der Waals surface area (Å²) in [6.07, 6.45) is 1.03. The van der Waals surface area contributed by atoms with Gasteiger partial charge in [0.15, 0.2) is 0 Å². The van der Waals surface area contributed by atoms with E-state index in [0.29, 0.717) is 0 Å². The lowest BCUT2D eigenvalue weighted by Gasteiger charge is -2.35. The minimum Gasteiger partial charge on any atom is -0.338 e. The largest absolute Gasteiger partial charge is 0.338 e. The van der Waals surface area contributed by atoms with Crippen molar-refractivity contribution in [2.75, 3.05) is 72.0 Å². The monoisotopic (exact) mass is 373 g/mol. The van der Waals surface area contributed by atoms with Crippen LogP contribution in [0.25, 0.3) is 0 Å². The van der Waals surface area contributed by atoms with Crippen molar-refractivity contribution in [3.05, 3.63) is 35.9 Å². The second kappa shape index (κ2) is 10.6. The van der Waals surface area contributed by atoms with E-state index in [-0.39, 0.29) is 6.03 Å². The van der Waals surface area contributed by atoms with Crippen molar-refractivity contribution in [1.82, 2.24) is 24.9 Å². The Morgan fingerprint density at radius 1 is 0.889 bits per heavy atom. The van der Waals surface area contributed by atoms with Gasteiger partial charge < -0.3 is 20.0 Å². The molecular formula is C21H35N5O. The highest BCUT2D eigenvalue weighted by molar-refractivity contribution is 5.74. The topological polar surface area (TPSA) is 42.1 Å². The van der Waals surface area contributed by atoms with Gasteiger partial charge in [-0.25, -0.2) is 4.79 Å². The lowest BCUT2D eigenvalue weighted by Crippen LogP contribution is -2.52. The molecule has 6 heteroatoms. The van der Waals surface area contributed by atoms with Crippen LogP contribution >= 0.6 is 0 Å². The van der Waals surface area contributed by atoms with Crippen LogP contribution < -0.4 is 5.32 Å². The molecule has 1 aromatic carbocycles. The summed E-state index contributed by atoms with van der Waals surface area (Å²) in [7, 11) is 0. The van der Waals surface area contributed by atoms with E-state index in [1.165, 1.54) is 5.56 Å².